The topological polar surface area (TPSA) is 138 Å². The van der Waals surface area contributed by atoms with Gasteiger partial charge < -0.3 is 14.9 Å². The maximum atomic E-state index is 12.4. The molecule has 12 nitrogen and oxygen atoms in total. The van der Waals surface area contributed by atoms with Crippen molar-refractivity contribution in [3.63, 3.8) is 0 Å². The molecule has 0 spiro atoms. The number of hydrogen-bond donors (Lipinski definition) is 1. The summed E-state index contributed by atoms with van der Waals surface area (Å²) in [7, 11) is 0. The van der Waals surface area contributed by atoms with E-state index >= 15 is 0 Å². The monoisotopic (exact) mass is 862 g/mol. The van der Waals surface area contributed by atoms with E-state index in [1.807, 2.05) is 48.1 Å². The van der Waals surface area contributed by atoms with Crippen molar-refractivity contribution in [3.8, 4) is 11.5 Å². The smallest absolute Gasteiger partial charge is 0.179 e. The molecule has 7 aromatic rings. The first-order chi connectivity index (χ1) is 31.1. The van der Waals surface area contributed by atoms with E-state index in [0.717, 1.165) is 111 Å². The first-order valence-electron chi connectivity index (χ1n) is 23.6. The number of allylic oxidation sites excluding steroid dienone is 3. The Labute approximate surface area is 378 Å². The van der Waals surface area contributed by atoms with Crippen LogP contribution in [0.1, 0.15) is 138 Å². The number of hydrazone groups is 1. The number of rotatable bonds is 23. The Morgan fingerprint density at radius 1 is 0.812 bits per heavy atom. The van der Waals surface area contributed by atoms with E-state index in [-0.39, 0.29) is 6.04 Å². The van der Waals surface area contributed by atoms with Gasteiger partial charge in [-0.05, 0) is 107 Å². The van der Waals surface area contributed by atoms with Crippen LogP contribution < -0.4 is 5.73 Å². The van der Waals surface area contributed by atoms with E-state index in [1.54, 1.807) is 6.08 Å². The molecule has 0 saturated carbocycles. The highest BCUT2D eigenvalue weighted by molar-refractivity contribution is 6.10. The number of carbonyl (C=O) groups is 1. The van der Waals surface area contributed by atoms with Gasteiger partial charge in [-0.1, -0.05) is 77.2 Å². The van der Waals surface area contributed by atoms with E-state index in [1.165, 1.54) is 36.8 Å². The molecule has 7 rings (SSSR count). The van der Waals surface area contributed by atoms with Gasteiger partial charge in [-0.3, -0.25) is 14.5 Å². The fourth-order valence-corrected chi connectivity index (χ4v) is 8.99. The molecule has 12 heteroatoms. The zero-order chi connectivity index (χ0) is 45.3. The summed E-state index contributed by atoms with van der Waals surface area (Å²) in [5.41, 5.74) is 17.5. The van der Waals surface area contributed by atoms with Gasteiger partial charge in [0.2, 0.25) is 0 Å². The van der Waals surface area contributed by atoms with Crippen molar-refractivity contribution in [2.24, 2.45) is 10.8 Å². The number of fused-ring (bicyclic) bond motifs is 6. The lowest BCUT2D eigenvalue weighted by molar-refractivity contribution is 0.112. The van der Waals surface area contributed by atoms with Crippen LogP contribution in [0.15, 0.2) is 72.6 Å². The fourth-order valence-electron chi connectivity index (χ4n) is 8.99. The summed E-state index contributed by atoms with van der Waals surface area (Å²) in [6, 6.07) is 10.6. The summed E-state index contributed by atoms with van der Waals surface area (Å²) in [4.78, 5) is 32.7. The predicted molar refractivity (Wildman–Crippen MR) is 264 cm³/mol. The number of hydrogen-bond acceptors (Lipinski definition) is 9. The SMILES string of the molecule is C=C/C(C)=N\N(CC)Cc1ncc2c3cc(C(C)N)cc(CCCCCC)c3n(C/C=C/Cn3c4nc(-c5cc(C)nn5CC)ncc4c4cc(C=O)cc(CCCCCC)c43)c2n1. The number of aromatic nitrogens is 8. The van der Waals surface area contributed by atoms with Crippen molar-refractivity contribution in [1.82, 2.24) is 43.9 Å². The molecule has 0 aliphatic rings. The zero-order valence-electron chi connectivity index (χ0n) is 39.2. The summed E-state index contributed by atoms with van der Waals surface area (Å²) in [5, 5.41) is 15.5. The van der Waals surface area contributed by atoms with Crippen LogP contribution in [0, 0.1) is 6.92 Å². The van der Waals surface area contributed by atoms with Crippen molar-refractivity contribution in [1.29, 1.82) is 0 Å². The van der Waals surface area contributed by atoms with Crippen LogP contribution >= 0.6 is 0 Å². The van der Waals surface area contributed by atoms with Crippen LogP contribution in [-0.2, 0) is 39.0 Å². The molecule has 5 heterocycles. The van der Waals surface area contributed by atoms with Crippen LogP contribution in [0.25, 0.3) is 55.4 Å². The number of nitrogens with zero attached hydrogens (tertiary/aromatic N) is 10. The molecule has 64 heavy (non-hydrogen) atoms. The second-order valence-electron chi connectivity index (χ2n) is 17.2. The summed E-state index contributed by atoms with van der Waals surface area (Å²) in [5.74, 6) is 1.34. The highest BCUT2D eigenvalue weighted by Crippen LogP contribution is 2.36. The lowest BCUT2D eigenvalue weighted by Crippen LogP contribution is -2.19. The van der Waals surface area contributed by atoms with Crippen LogP contribution in [0.4, 0.5) is 0 Å². The molecular weight excluding hydrogens is 795 g/mol. The Hall–Kier alpha value is -6.01. The minimum atomic E-state index is -0.109. The Bertz CT molecular complexity index is 2820. The lowest BCUT2D eigenvalue weighted by Gasteiger charge is -2.16. The molecule has 0 saturated heterocycles. The highest BCUT2D eigenvalue weighted by atomic mass is 16.1. The van der Waals surface area contributed by atoms with Crippen LogP contribution in [0.2, 0.25) is 0 Å². The Balaban J connectivity index is 1.36. The Kier molecular flexibility index (Phi) is 15.2. The van der Waals surface area contributed by atoms with Crippen molar-refractivity contribution in [2.75, 3.05) is 6.54 Å². The van der Waals surface area contributed by atoms with Crippen LogP contribution in [0.5, 0.6) is 0 Å². The molecule has 5 aromatic heterocycles. The second-order valence-corrected chi connectivity index (χ2v) is 17.2. The second kappa shape index (κ2) is 21.1. The normalized spacial score (nSPS) is 12.8. The molecule has 0 bridgehead atoms. The average molecular weight is 862 g/mol. The minimum Gasteiger partial charge on any atom is -0.324 e. The van der Waals surface area contributed by atoms with E-state index in [9.17, 15) is 4.79 Å². The Morgan fingerprint density at radius 3 is 2.03 bits per heavy atom. The summed E-state index contributed by atoms with van der Waals surface area (Å²) < 4.78 is 6.65. The number of aldehydes is 1. The van der Waals surface area contributed by atoms with E-state index in [2.05, 4.69) is 80.7 Å². The molecule has 2 N–H and O–H groups in total. The quantitative estimate of drug-likeness (QED) is 0.0221. The number of carbonyl (C=O) groups excluding carboxylic acids is 1. The molecule has 0 radical (unpaired) electrons. The third-order valence-electron chi connectivity index (χ3n) is 12.4. The van der Waals surface area contributed by atoms with Gasteiger partial charge in [0.15, 0.2) is 11.6 Å². The van der Waals surface area contributed by atoms with Crippen LogP contribution in [-0.4, -0.2) is 62.4 Å². The molecule has 1 atom stereocenters. The lowest BCUT2D eigenvalue weighted by atomic mass is 9.97. The number of nitrogens with two attached hydrogens (primary N) is 1. The molecule has 2 aromatic carbocycles. The van der Waals surface area contributed by atoms with Gasteiger partial charge in [0.1, 0.15) is 23.3 Å². The number of unbranched alkanes of at least 4 members (excludes halogenated alkanes) is 6. The maximum absolute atomic E-state index is 12.4. The number of aryl methyl sites for hydroxylation is 4. The Morgan fingerprint density at radius 2 is 1.44 bits per heavy atom. The van der Waals surface area contributed by atoms with Crippen LogP contribution in [0.3, 0.4) is 0 Å². The third-order valence-corrected chi connectivity index (χ3v) is 12.4. The van der Waals surface area contributed by atoms with E-state index < -0.39 is 0 Å². The molecule has 0 aliphatic heterocycles. The number of benzene rings is 2. The molecule has 0 amide bonds. The minimum absolute atomic E-state index is 0.109. The molecule has 336 valence electrons. The molecule has 0 aliphatic carbocycles. The molecule has 1 unspecified atom stereocenters. The highest BCUT2D eigenvalue weighted by Gasteiger charge is 2.21. The van der Waals surface area contributed by atoms with Crippen molar-refractivity contribution in [2.45, 2.75) is 145 Å². The van der Waals surface area contributed by atoms with Gasteiger partial charge in [-0.2, -0.15) is 10.2 Å². The molecular formula is C52H67N11O. The third kappa shape index (κ3) is 9.87. The average Bonchev–Trinajstić information content (AvgIpc) is 3.95. The predicted octanol–water partition coefficient (Wildman–Crippen LogP) is 11.4. The van der Waals surface area contributed by atoms with Gasteiger partial charge in [0.05, 0.1) is 29.0 Å². The zero-order valence-corrected chi connectivity index (χ0v) is 39.2. The standard InChI is InChI=1S/C52H67N11O/c1-9-14-16-18-22-39-27-38(34-64)28-42-45-32-55-50(46-26-36(7)59-63(46)13-5)57-52(45)62(48(39)42)25-21-20-24-61-49-40(23-19-17-15-10-2)29-41(37(8)53)30-43(49)44-31-54-47(56-51(44)61)33-60(12-4)58-35(6)11-3/h11,20-21,26-32,34,37H,3,9-10,12-19,22-25,33,53H2,1-2,4-8H3/b21-20+,58-35-. The van der Waals surface area contributed by atoms with Gasteiger partial charge in [0.25, 0.3) is 0 Å². The fraction of sp³-hybridized carbons (Fsp3) is 0.442. The van der Waals surface area contributed by atoms with Gasteiger partial charge in [0, 0.05) is 71.7 Å². The first-order valence-corrected chi connectivity index (χ1v) is 23.6. The van der Waals surface area contributed by atoms with Gasteiger partial charge in [-0.25, -0.2) is 19.9 Å². The first kappa shape index (κ1) is 46.0. The van der Waals surface area contributed by atoms with E-state index in [4.69, 9.17) is 35.9 Å². The summed E-state index contributed by atoms with van der Waals surface area (Å²) in [6.45, 7) is 21.6. The van der Waals surface area contributed by atoms with Gasteiger partial charge in [-0.15, -0.1) is 0 Å². The van der Waals surface area contributed by atoms with Crippen molar-refractivity contribution >= 4 is 55.9 Å². The summed E-state index contributed by atoms with van der Waals surface area (Å²) in [6.07, 6.45) is 22.2. The largest absolute Gasteiger partial charge is 0.324 e. The van der Waals surface area contributed by atoms with Crippen molar-refractivity contribution in [3.05, 3.63) is 101 Å². The van der Waals surface area contributed by atoms with Gasteiger partial charge >= 0.3 is 0 Å². The molecule has 0 fully saturated rings. The van der Waals surface area contributed by atoms with Crippen molar-refractivity contribution < 1.29 is 4.79 Å². The maximum Gasteiger partial charge on any atom is 0.179 e. The van der Waals surface area contributed by atoms with E-state index in [0.29, 0.717) is 49.9 Å². The summed E-state index contributed by atoms with van der Waals surface area (Å²) >= 11 is 0.